The van der Waals surface area contributed by atoms with Crippen LogP contribution in [0.5, 0.6) is 5.75 Å². The van der Waals surface area contributed by atoms with E-state index in [-0.39, 0.29) is 25.2 Å². The number of carbonyl (C=O) groups is 2. The highest BCUT2D eigenvalue weighted by molar-refractivity contribution is 5.70. The zero-order valence-electron chi connectivity index (χ0n) is 20.5. The third kappa shape index (κ3) is 6.38. The number of pyridine rings is 1. The number of carboxylic acids is 1. The van der Waals surface area contributed by atoms with E-state index in [1.807, 2.05) is 43.3 Å². The molecule has 1 amide bonds. The Labute approximate surface area is 209 Å². The number of carbonyl (C=O) groups excluding carboxylic acids is 1. The number of carboxylic acid groups (broad SMARTS) is 1. The number of nitrogens with one attached hydrogen (secondary N) is 1. The molecular weight excluding hydrogens is 462 g/mol. The summed E-state index contributed by atoms with van der Waals surface area (Å²) >= 11 is 0. The molecule has 36 heavy (non-hydrogen) atoms. The molecule has 4 rings (SSSR count). The first kappa shape index (κ1) is 25.2. The second-order valence-electron chi connectivity index (χ2n) is 8.96. The number of hydrogen-bond acceptors (Lipinski definition) is 7. The van der Waals surface area contributed by atoms with Crippen molar-refractivity contribution in [1.82, 2.24) is 25.3 Å². The predicted octanol–water partition coefficient (Wildman–Crippen LogP) is 3.68. The minimum absolute atomic E-state index is 0.143. The summed E-state index contributed by atoms with van der Waals surface area (Å²) in [4.78, 5) is 28.2. The lowest BCUT2D eigenvalue weighted by Gasteiger charge is -2.27. The van der Waals surface area contributed by atoms with Crippen molar-refractivity contribution in [2.75, 3.05) is 6.61 Å². The second kappa shape index (κ2) is 11.7. The van der Waals surface area contributed by atoms with Crippen LogP contribution in [-0.2, 0) is 29.5 Å². The summed E-state index contributed by atoms with van der Waals surface area (Å²) in [5, 5.41) is 20.4. The number of amides is 1. The van der Waals surface area contributed by atoms with Crippen molar-refractivity contribution in [1.29, 1.82) is 0 Å². The number of nitrogens with zero attached hydrogens (tertiary/aromatic N) is 4. The predicted molar refractivity (Wildman–Crippen MR) is 131 cm³/mol. The van der Waals surface area contributed by atoms with Crippen molar-refractivity contribution >= 4 is 12.1 Å². The minimum atomic E-state index is -0.766. The van der Waals surface area contributed by atoms with Gasteiger partial charge in [-0.3, -0.25) is 4.79 Å². The number of benzene rings is 1. The van der Waals surface area contributed by atoms with Crippen LogP contribution in [0, 0.1) is 12.8 Å². The van der Waals surface area contributed by atoms with E-state index in [2.05, 4.69) is 20.6 Å². The van der Waals surface area contributed by atoms with Gasteiger partial charge in [0.05, 0.1) is 42.3 Å². The molecule has 0 saturated heterocycles. The highest BCUT2D eigenvalue weighted by atomic mass is 16.5. The SMILES string of the molecule is Cc1nc(-c2nnn(C)c2CNC(=O)OCCc2ccccc2)ccc1O[C@H]1CCC[C@H](C(=O)O)C1. The van der Waals surface area contributed by atoms with E-state index >= 15 is 0 Å². The Balaban J connectivity index is 1.35. The summed E-state index contributed by atoms with van der Waals surface area (Å²) in [6.07, 6.45) is 2.83. The molecule has 10 heteroatoms. The van der Waals surface area contributed by atoms with Crippen molar-refractivity contribution in [3.05, 3.63) is 59.4 Å². The molecule has 2 N–H and O–H groups in total. The fourth-order valence-corrected chi connectivity index (χ4v) is 4.35. The topological polar surface area (TPSA) is 128 Å². The Kier molecular flexibility index (Phi) is 8.14. The van der Waals surface area contributed by atoms with Gasteiger partial charge in [-0.25, -0.2) is 14.5 Å². The molecule has 0 bridgehead atoms. The van der Waals surface area contributed by atoms with Gasteiger partial charge in [-0.2, -0.15) is 0 Å². The first-order valence-corrected chi connectivity index (χ1v) is 12.1. The van der Waals surface area contributed by atoms with Gasteiger partial charge in [0.25, 0.3) is 0 Å². The Bertz CT molecular complexity index is 1200. The van der Waals surface area contributed by atoms with E-state index < -0.39 is 12.1 Å². The van der Waals surface area contributed by atoms with Gasteiger partial charge < -0.3 is 19.9 Å². The maximum Gasteiger partial charge on any atom is 0.407 e. The van der Waals surface area contributed by atoms with Crippen LogP contribution in [-0.4, -0.2) is 49.9 Å². The van der Waals surface area contributed by atoms with Crippen molar-refractivity contribution in [2.24, 2.45) is 13.0 Å². The number of aliphatic carboxylic acids is 1. The minimum Gasteiger partial charge on any atom is -0.489 e. The van der Waals surface area contributed by atoms with E-state index in [4.69, 9.17) is 9.47 Å². The molecule has 0 spiro atoms. The van der Waals surface area contributed by atoms with E-state index in [0.29, 0.717) is 47.8 Å². The molecule has 3 aromatic rings. The highest BCUT2D eigenvalue weighted by Crippen LogP contribution is 2.30. The van der Waals surface area contributed by atoms with E-state index in [9.17, 15) is 14.7 Å². The third-order valence-corrected chi connectivity index (χ3v) is 6.36. The lowest BCUT2D eigenvalue weighted by molar-refractivity contribution is -0.143. The lowest BCUT2D eigenvalue weighted by Crippen LogP contribution is -2.29. The number of ether oxygens (including phenoxy) is 2. The Hall–Kier alpha value is -3.95. The molecule has 190 valence electrons. The average Bonchev–Trinajstić information content (AvgIpc) is 3.25. The van der Waals surface area contributed by atoms with Gasteiger partial charge in [-0.15, -0.1) is 5.10 Å². The van der Waals surface area contributed by atoms with E-state index in [1.54, 1.807) is 17.8 Å². The van der Waals surface area contributed by atoms with Gasteiger partial charge in [-0.1, -0.05) is 35.5 Å². The fraction of sp³-hybridized carbons (Fsp3) is 0.423. The Morgan fingerprint density at radius 3 is 2.72 bits per heavy atom. The maximum absolute atomic E-state index is 12.2. The summed E-state index contributed by atoms with van der Waals surface area (Å²) in [5.74, 6) is -0.506. The fourth-order valence-electron chi connectivity index (χ4n) is 4.35. The number of rotatable bonds is 9. The maximum atomic E-state index is 12.2. The van der Waals surface area contributed by atoms with Crippen LogP contribution in [0.25, 0.3) is 11.4 Å². The van der Waals surface area contributed by atoms with Crippen molar-refractivity contribution in [3.63, 3.8) is 0 Å². The van der Waals surface area contributed by atoms with Crippen LogP contribution in [0.15, 0.2) is 42.5 Å². The van der Waals surface area contributed by atoms with Gasteiger partial charge in [0.15, 0.2) is 0 Å². The normalized spacial score (nSPS) is 17.4. The molecular formula is C26H31N5O5. The number of aryl methyl sites for hydroxylation is 2. The molecule has 1 aliphatic rings. The smallest absolute Gasteiger partial charge is 0.407 e. The van der Waals surface area contributed by atoms with Crippen LogP contribution in [0.1, 0.15) is 42.6 Å². The number of aromatic nitrogens is 4. The average molecular weight is 494 g/mol. The number of hydrogen-bond donors (Lipinski definition) is 2. The molecule has 2 aromatic heterocycles. The summed E-state index contributed by atoms with van der Waals surface area (Å²) < 4.78 is 13.0. The van der Waals surface area contributed by atoms with E-state index in [1.165, 1.54) is 0 Å². The van der Waals surface area contributed by atoms with Crippen LogP contribution in [0.2, 0.25) is 0 Å². The molecule has 10 nitrogen and oxygen atoms in total. The molecule has 0 radical (unpaired) electrons. The van der Waals surface area contributed by atoms with Gasteiger partial charge in [0.2, 0.25) is 0 Å². The molecule has 0 aliphatic heterocycles. The number of alkyl carbamates (subject to hydrolysis) is 1. The molecule has 1 aliphatic carbocycles. The zero-order chi connectivity index (χ0) is 25.5. The molecule has 2 heterocycles. The van der Waals surface area contributed by atoms with Gasteiger partial charge >= 0.3 is 12.1 Å². The molecule has 1 aromatic carbocycles. The Morgan fingerprint density at radius 2 is 1.97 bits per heavy atom. The van der Waals surface area contributed by atoms with Crippen LogP contribution >= 0.6 is 0 Å². The zero-order valence-corrected chi connectivity index (χ0v) is 20.5. The summed E-state index contributed by atoms with van der Waals surface area (Å²) in [6, 6.07) is 13.4. The van der Waals surface area contributed by atoms with Gasteiger partial charge in [0, 0.05) is 13.5 Å². The quantitative estimate of drug-likeness (QED) is 0.462. The molecule has 1 fully saturated rings. The summed E-state index contributed by atoms with van der Waals surface area (Å²) in [5.41, 5.74) is 3.62. The van der Waals surface area contributed by atoms with Crippen molar-refractivity contribution in [3.8, 4) is 17.1 Å². The highest BCUT2D eigenvalue weighted by Gasteiger charge is 2.28. The first-order chi connectivity index (χ1) is 17.4. The van der Waals surface area contributed by atoms with Crippen LogP contribution in [0.3, 0.4) is 0 Å². The third-order valence-electron chi connectivity index (χ3n) is 6.36. The molecule has 0 unspecified atom stereocenters. The lowest BCUT2D eigenvalue weighted by atomic mass is 9.87. The van der Waals surface area contributed by atoms with Crippen molar-refractivity contribution in [2.45, 2.75) is 51.7 Å². The summed E-state index contributed by atoms with van der Waals surface area (Å²) in [6.45, 7) is 2.30. The standard InChI is InChI=1S/C26H31N5O5/c1-17-23(36-20-10-6-9-19(15-20)25(32)33)12-11-21(28-17)24-22(31(2)30-29-24)16-27-26(34)35-14-13-18-7-4-3-5-8-18/h3-5,7-8,11-12,19-20H,6,9-10,13-16H2,1-2H3,(H,27,34)(H,32,33)/t19-,20-/m0/s1. The van der Waals surface area contributed by atoms with Crippen LogP contribution < -0.4 is 10.1 Å². The summed E-state index contributed by atoms with van der Waals surface area (Å²) in [7, 11) is 1.75. The monoisotopic (exact) mass is 493 g/mol. The largest absolute Gasteiger partial charge is 0.489 e. The van der Waals surface area contributed by atoms with Gasteiger partial charge in [0.1, 0.15) is 11.4 Å². The van der Waals surface area contributed by atoms with Crippen LogP contribution in [0.4, 0.5) is 4.79 Å². The van der Waals surface area contributed by atoms with E-state index in [0.717, 1.165) is 18.4 Å². The molecule has 1 saturated carbocycles. The first-order valence-electron chi connectivity index (χ1n) is 12.1. The van der Waals surface area contributed by atoms with Crippen molar-refractivity contribution < 1.29 is 24.2 Å². The molecule has 2 atom stereocenters. The Morgan fingerprint density at radius 1 is 1.17 bits per heavy atom. The van der Waals surface area contributed by atoms with Gasteiger partial charge in [-0.05, 0) is 50.3 Å². The second-order valence-corrected chi connectivity index (χ2v) is 8.96.